The Kier molecular flexibility index (Phi) is 3.87. The zero-order chi connectivity index (χ0) is 11.4. The number of aromatic nitrogens is 2. The van der Waals surface area contributed by atoms with E-state index in [1.165, 1.54) is 35.2 Å². The molecule has 0 aliphatic carbocycles. The van der Waals surface area contributed by atoms with Crippen molar-refractivity contribution in [3.63, 3.8) is 0 Å². The zero-order valence-corrected chi connectivity index (χ0v) is 10.2. The predicted molar refractivity (Wildman–Crippen MR) is 63.2 cm³/mol. The van der Waals surface area contributed by atoms with Crippen LogP contribution in [0.3, 0.4) is 0 Å². The van der Waals surface area contributed by atoms with Gasteiger partial charge < -0.3 is 5.32 Å². The lowest BCUT2D eigenvalue weighted by Gasteiger charge is -2.03. The molecule has 1 aromatic heterocycles. The Morgan fingerprint density at radius 3 is 3.00 bits per heavy atom. The molecule has 0 bridgehead atoms. The van der Waals surface area contributed by atoms with Crippen LogP contribution in [0.15, 0.2) is 32.9 Å². The molecule has 0 radical (unpaired) electrons. The average Bonchev–Trinajstić information content (AvgIpc) is 2.70. The van der Waals surface area contributed by atoms with Crippen molar-refractivity contribution in [2.45, 2.75) is 15.8 Å². The third kappa shape index (κ3) is 3.01. The minimum absolute atomic E-state index is 0.222. The Morgan fingerprint density at radius 2 is 2.31 bits per heavy atom. The number of nitrogens with zero attached hydrogens (tertiary/aromatic N) is 2. The molecule has 3 nitrogen and oxygen atoms in total. The highest BCUT2D eigenvalue weighted by molar-refractivity contribution is 8.01. The molecule has 0 unspecified atom stereocenters. The lowest BCUT2D eigenvalue weighted by atomic mass is 10.2. The second-order valence-electron chi connectivity index (χ2n) is 3.13. The van der Waals surface area contributed by atoms with E-state index in [0.29, 0.717) is 6.54 Å². The van der Waals surface area contributed by atoms with Crippen LogP contribution in [-0.4, -0.2) is 17.2 Å². The highest BCUT2D eigenvalue weighted by atomic mass is 32.2. The van der Waals surface area contributed by atoms with E-state index in [1.807, 2.05) is 13.1 Å². The smallest absolute Gasteiger partial charge is 0.178 e. The number of halogens is 1. The first-order valence-electron chi connectivity index (χ1n) is 4.66. The van der Waals surface area contributed by atoms with Crippen molar-refractivity contribution in [1.82, 2.24) is 15.5 Å². The van der Waals surface area contributed by atoms with Gasteiger partial charge in [-0.2, -0.15) is 0 Å². The molecule has 0 aliphatic rings. The second-order valence-corrected chi connectivity index (χ2v) is 5.29. The SMILES string of the molecule is CNCc1cc(F)cc(Sc2nncs2)c1. The summed E-state index contributed by atoms with van der Waals surface area (Å²) >= 11 is 2.87. The van der Waals surface area contributed by atoms with E-state index in [1.54, 1.807) is 5.51 Å². The Labute approximate surface area is 101 Å². The van der Waals surface area contributed by atoms with Crippen molar-refractivity contribution < 1.29 is 4.39 Å². The summed E-state index contributed by atoms with van der Waals surface area (Å²) in [5, 5.41) is 10.6. The molecule has 0 saturated heterocycles. The zero-order valence-electron chi connectivity index (χ0n) is 8.61. The van der Waals surface area contributed by atoms with E-state index in [0.717, 1.165) is 14.8 Å². The number of hydrogen-bond acceptors (Lipinski definition) is 5. The topological polar surface area (TPSA) is 37.8 Å². The van der Waals surface area contributed by atoms with E-state index in [-0.39, 0.29) is 5.82 Å². The molecule has 0 atom stereocenters. The summed E-state index contributed by atoms with van der Waals surface area (Å²) in [6.07, 6.45) is 0. The maximum absolute atomic E-state index is 13.3. The van der Waals surface area contributed by atoms with Crippen molar-refractivity contribution in [1.29, 1.82) is 0 Å². The van der Waals surface area contributed by atoms with Gasteiger partial charge in [-0.05, 0) is 30.8 Å². The highest BCUT2D eigenvalue weighted by Crippen LogP contribution is 2.29. The molecule has 0 amide bonds. The first-order chi connectivity index (χ1) is 7.78. The summed E-state index contributed by atoms with van der Waals surface area (Å²) in [7, 11) is 1.84. The third-order valence-corrected chi connectivity index (χ3v) is 3.61. The third-order valence-electron chi connectivity index (χ3n) is 1.86. The van der Waals surface area contributed by atoms with Crippen molar-refractivity contribution in [2.24, 2.45) is 0 Å². The van der Waals surface area contributed by atoms with Gasteiger partial charge in [0.25, 0.3) is 0 Å². The van der Waals surface area contributed by atoms with E-state index in [4.69, 9.17) is 0 Å². The summed E-state index contributed by atoms with van der Waals surface area (Å²) in [6.45, 7) is 0.654. The van der Waals surface area contributed by atoms with Gasteiger partial charge in [-0.15, -0.1) is 10.2 Å². The molecule has 6 heteroatoms. The van der Waals surface area contributed by atoms with Crippen LogP contribution < -0.4 is 5.32 Å². The van der Waals surface area contributed by atoms with E-state index in [9.17, 15) is 4.39 Å². The normalized spacial score (nSPS) is 10.6. The minimum atomic E-state index is -0.222. The van der Waals surface area contributed by atoms with Gasteiger partial charge in [0.05, 0.1) is 0 Å². The van der Waals surface area contributed by atoms with Gasteiger partial charge in [0.1, 0.15) is 11.3 Å². The molecule has 0 aliphatic heterocycles. The van der Waals surface area contributed by atoms with Crippen LogP contribution in [0.2, 0.25) is 0 Å². The number of nitrogens with one attached hydrogen (secondary N) is 1. The maximum Gasteiger partial charge on any atom is 0.178 e. The summed E-state index contributed by atoms with van der Waals surface area (Å²) in [5.41, 5.74) is 2.59. The molecular weight excluding hydrogens is 245 g/mol. The summed E-state index contributed by atoms with van der Waals surface area (Å²) in [5.74, 6) is -0.222. The first-order valence-corrected chi connectivity index (χ1v) is 6.35. The summed E-state index contributed by atoms with van der Waals surface area (Å²) in [6, 6.07) is 4.98. The fourth-order valence-corrected chi connectivity index (χ4v) is 2.85. The van der Waals surface area contributed by atoms with Gasteiger partial charge >= 0.3 is 0 Å². The maximum atomic E-state index is 13.3. The van der Waals surface area contributed by atoms with E-state index in [2.05, 4.69) is 15.5 Å². The molecule has 1 heterocycles. The van der Waals surface area contributed by atoms with Gasteiger partial charge in [0.15, 0.2) is 4.34 Å². The highest BCUT2D eigenvalue weighted by Gasteiger charge is 2.04. The molecule has 0 saturated carbocycles. The van der Waals surface area contributed by atoms with Gasteiger partial charge in [-0.1, -0.05) is 23.1 Å². The fourth-order valence-electron chi connectivity index (χ4n) is 1.29. The Balaban J connectivity index is 2.20. The minimum Gasteiger partial charge on any atom is -0.316 e. The Morgan fingerprint density at radius 1 is 1.44 bits per heavy atom. The number of benzene rings is 1. The molecule has 0 fully saturated rings. The van der Waals surface area contributed by atoms with Crippen molar-refractivity contribution in [3.05, 3.63) is 35.1 Å². The van der Waals surface area contributed by atoms with Crippen LogP contribution >= 0.6 is 23.1 Å². The van der Waals surface area contributed by atoms with Crippen LogP contribution in [0.1, 0.15) is 5.56 Å². The monoisotopic (exact) mass is 255 g/mol. The predicted octanol–water partition coefficient (Wildman–Crippen LogP) is 2.55. The molecule has 0 spiro atoms. The molecule has 84 valence electrons. The Bertz CT molecular complexity index is 459. The van der Waals surface area contributed by atoms with Crippen LogP contribution in [0.25, 0.3) is 0 Å². The standard InChI is InChI=1S/C10H10FN3S2/c1-12-5-7-2-8(11)4-9(3-7)16-10-14-13-6-15-10/h2-4,6,12H,5H2,1H3. The number of hydrogen-bond donors (Lipinski definition) is 1. The Hall–Kier alpha value is -0.980. The fraction of sp³-hybridized carbons (Fsp3) is 0.200. The molecule has 2 rings (SSSR count). The summed E-state index contributed by atoms with van der Waals surface area (Å²) in [4.78, 5) is 0.849. The van der Waals surface area contributed by atoms with Crippen LogP contribution in [-0.2, 0) is 6.54 Å². The second kappa shape index (κ2) is 5.38. The van der Waals surface area contributed by atoms with Crippen LogP contribution in [0.5, 0.6) is 0 Å². The van der Waals surface area contributed by atoms with Gasteiger partial charge in [0, 0.05) is 11.4 Å². The molecule has 1 N–H and O–H groups in total. The lowest BCUT2D eigenvalue weighted by molar-refractivity contribution is 0.619. The van der Waals surface area contributed by atoms with Gasteiger partial charge in [0.2, 0.25) is 0 Å². The lowest BCUT2D eigenvalue weighted by Crippen LogP contribution is -2.05. The van der Waals surface area contributed by atoms with Gasteiger partial charge in [-0.3, -0.25) is 0 Å². The molecule has 1 aromatic carbocycles. The van der Waals surface area contributed by atoms with E-state index >= 15 is 0 Å². The van der Waals surface area contributed by atoms with Crippen molar-refractivity contribution in [2.75, 3.05) is 7.05 Å². The van der Waals surface area contributed by atoms with Crippen LogP contribution in [0.4, 0.5) is 4.39 Å². The molecular formula is C10H10FN3S2. The largest absolute Gasteiger partial charge is 0.316 e. The molecule has 16 heavy (non-hydrogen) atoms. The first kappa shape index (κ1) is 11.5. The summed E-state index contributed by atoms with van der Waals surface area (Å²) < 4.78 is 14.1. The van der Waals surface area contributed by atoms with Crippen molar-refractivity contribution >= 4 is 23.1 Å². The van der Waals surface area contributed by atoms with E-state index < -0.39 is 0 Å². The van der Waals surface area contributed by atoms with Gasteiger partial charge in [-0.25, -0.2) is 4.39 Å². The molecule has 2 aromatic rings. The average molecular weight is 255 g/mol. The number of rotatable bonds is 4. The quantitative estimate of drug-likeness (QED) is 0.911. The van der Waals surface area contributed by atoms with Crippen molar-refractivity contribution in [3.8, 4) is 0 Å². The van der Waals surface area contributed by atoms with Crippen LogP contribution in [0, 0.1) is 5.82 Å².